The molecular formula is C21H19NO4S. The van der Waals surface area contributed by atoms with Gasteiger partial charge in [0.2, 0.25) is 5.88 Å². The first kappa shape index (κ1) is 17.4. The zero-order valence-electron chi connectivity index (χ0n) is 15.2. The first-order valence-corrected chi connectivity index (χ1v) is 9.96. The lowest BCUT2D eigenvalue weighted by Gasteiger charge is -2.06. The lowest BCUT2D eigenvalue weighted by molar-refractivity contribution is 0.415. The first-order valence-electron chi connectivity index (χ1n) is 8.48. The number of aryl methyl sites for hydroxylation is 2. The van der Waals surface area contributed by atoms with Gasteiger partial charge in [0.15, 0.2) is 0 Å². The molecule has 4 aromatic rings. The van der Waals surface area contributed by atoms with E-state index in [9.17, 15) is 8.42 Å². The van der Waals surface area contributed by atoms with E-state index in [0.29, 0.717) is 5.58 Å². The van der Waals surface area contributed by atoms with Crippen LogP contribution in [0.25, 0.3) is 21.7 Å². The predicted molar refractivity (Wildman–Crippen MR) is 107 cm³/mol. The van der Waals surface area contributed by atoms with Gasteiger partial charge in [0.25, 0.3) is 10.0 Å². The molecule has 1 N–H and O–H groups in total. The van der Waals surface area contributed by atoms with Crippen molar-refractivity contribution >= 4 is 37.6 Å². The topological polar surface area (TPSA) is 68.5 Å². The van der Waals surface area contributed by atoms with Crippen molar-refractivity contribution in [2.75, 3.05) is 11.8 Å². The second-order valence-corrected chi connectivity index (χ2v) is 8.22. The minimum atomic E-state index is -3.72. The van der Waals surface area contributed by atoms with Crippen LogP contribution in [0.3, 0.4) is 0 Å². The van der Waals surface area contributed by atoms with Crippen LogP contribution in [0.5, 0.6) is 5.75 Å². The molecular weight excluding hydrogens is 362 g/mol. The monoisotopic (exact) mass is 381 g/mol. The molecule has 0 aliphatic heterocycles. The van der Waals surface area contributed by atoms with Crippen LogP contribution in [0.15, 0.2) is 63.9 Å². The SMILES string of the molecule is COc1ccc2cc3c(C)c(NS(=O)(=O)c4ccc(C)cc4)oc3cc2c1. The lowest BCUT2D eigenvalue weighted by Crippen LogP contribution is -2.13. The number of sulfonamides is 1. The van der Waals surface area contributed by atoms with Gasteiger partial charge >= 0.3 is 0 Å². The average molecular weight is 381 g/mol. The molecule has 0 saturated carbocycles. The first-order chi connectivity index (χ1) is 12.9. The van der Waals surface area contributed by atoms with E-state index >= 15 is 0 Å². The highest BCUT2D eigenvalue weighted by Crippen LogP contribution is 2.34. The van der Waals surface area contributed by atoms with Gasteiger partial charge in [-0.15, -0.1) is 0 Å². The highest BCUT2D eigenvalue weighted by Gasteiger charge is 2.19. The third kappa shape index (κ3) is 3.13. The van der Waals surface area contributed by atoms with Gasteiger partial charge in [0.05, 0.1) is 12.0 Å². The maximum absolute atomic E-state index is 12.7. The van der Waals surface area contributed by atoms with E-state index in [0.717, 1.165) is 33.0 Å². The van der Waals surface area contributed by atoms with Gasteiger partial charge in [-0.1, -0.05) is 23.8 Å². The second-order valence-electron chi connectivity index (χ2n) is 6.54. The van der Waals surface area contributed by atoms with Crippen molar-refractivity contribution in [1.82, 2.24) is 0 Å². The predicted octanol–water partition coefficient (Wildman–Crippen LogP) is 5.01. The number of ether oxygens (including phenoxy) is 1. The molecule has 0 aliphatic rings. The Labute approximate surface area is 157 Å². The maximum Gasteiger partial charge on any atom is 0.264 e. The summed E-state index contributed by atoms with van der Waals surface area (Å²) in [5.74, 6) is 0.985. The van der Waals surface area contributed by atoms with Crippen LogP contribution in [0.1, 0.15) is 11.1 Å². The van der Waals surface area contributed by atoms with E-state index in [2.05, 4.69) is 4.72 Å². The highest BCUT2D eigenvalue weighted by molar-refractivity contribution is 7.92. The lowest BCUT2D eigenvalue weighted by atomic mass is 10.1. The molecule has 27 heavy (non-hydrogen) atoms. The van der Waals surface area contributed by atoms with E-state index in [1.54, 1.807) is 31.4 Å². The Hall–Kier alpha value is -2.99. The molecule has 0 spiro atoms. The summed E-state index contributed by atoms with van der Waals surface area (Å²) >= 11 is 0. The van der Waals surface area contributed by atoms with Crippen molar-refractivity contribution in [2.45, 2.75) is 18.7 Å². The minimum Gasteiger partial charge on any atom is -0.497 e. The van der Waals surface area contributed by atoms with Crippen molar-refractivity contribution in [1.29, 1.82) is 0 Å². The van der Waals surface area contributed by atoms with Gasteiger partial charge in [-0.05, 0) is 61.0 Å². The number of benzene rings is 3. The Morgan fingerprint density at radius 2 is 1.67 bits per heavy atom. The molecule has 5 nitrogen and oxygen atoms in total. The summed E-state index contributed by atoms with van der Waals surface area (Å²) in [5, 5.41) is 2.86. The summed E-state index contributed by atoms with van der Waals surface area (Å²) < 4.78 is 39.0. The number of methoxy groups -OCH3 is 1. The van der Waals surface area contributed by atoms with Crippen LogP contribution in [-0.2, 0) is 10.0 Å². The third-order valence-electron chi connectivity index (χ3n) is 4.66. The maximum atomic E-state index is 12.7. The van der Waals surface area contributed by atoms with Crippen LogP contribution in [-0.4, -0.2) is 15.5 Å². The number of rotatable bonds is 4. The molecule has 138 valence electrons. The molecule has 0 amide bonds. The Balaban J connectivity index is 1.78. The second kappa shape index (κ2) is 6.32. The standard InChI is InChI=1S/C21H19NO4S/c1-13-4-8-18(9-5-13)27(23,24)22-21-14(2)19-11-15-6-7-17(25-3)10-16(15)12-20(19)26-21/h4-12,22H,1-3H3. The number of furan rings is 1. The summed E-state index contributed by atoms with van der Waals surface area (Å²) in [4.78, 5) is 0.197. The molecule has 4 rings (SSSR count). The molecule has 6 heteroatoms. The van der Waals surface area contributed by atoms with Gasteiger partial charge in [0.1, 0.15) is 11.3 Å². The fourth-order valence-corrected chi connectivity index (χ4v) is 4.12. The van der Waals surface area contributed by atoms with Crippen molar-refractivity contribution in [3.8, 4) is 5.75 Å². The van der Waals surface area contributed by atoms with E-state index in [1.807, 2.05) is 44.2 Å². The van der Waals surface area contributed by atoms with E-state index in [4.69, 9.17) is 9.15 Å². The van der Waals surface area contributed by atoms with Crippen molar-refractivity contribution in [3.05, 3.63) is 65.7 Å². The minimum absolute atomic E-state index is 0.197. The van der Waals surface area contributed by atoms with Crippen LogP contribution < -0.4 is 9.46 Å². The molecule has 0 atom stereocenters. The summed E-state index contributed by atoms with van der Waals surface area (Å²) in [7, 11) is -2.10. The van der Waals surface area contributed by atoms with Crippen molar-refractivity contribution < 1.29 is 17.6 Å². The summed E-state index contributed by atoms with van der Waals surface area (Å²) in [6.45, 7) is 3.75. The summed E-state index contributed by atoms with van der Waals surface area (Å²) in [6, 6.07) is 16.4. The molecule has 0 saturated heterocycles. The number of fused-ring (bicyclic) bond motifs is 2. The van der Waals surface area contributed by atoms with Gasteiger partial charge in [-0.25, -0.2) is 13.1 Å². The van der Waals surface area contributed by atoms with Gasteiger partial charge in [-0.3, -0.25) is 0 Å². The van der Waals surface area contributed by atoms with E-state index in [1.165, 1.54) is 0 Å². The van der Waals surface area contributed by atoms with Gasteiger partial charge in [0, 0.05) is 10.9 Å². The summed E-state index contributed by atoms with van der Waals surface area (Å²) in [5.41, 5.74) is 2.37. The van der Waals surface area contributed by atoms with Crippen LogP contribution in [0.4, 0.5) is 5.88 Å². The molecule has 0 aliphatic carbocycles. The Kier molecular flexibility index (Phi) is 4.08. The summed E-state index contributed by atoms with van der Waals surface area (Å²) in [6.07, 6.45) is 0. The van der Waals surface area contributed by atoms with Crippen LogP contribution >= 0.6 is 0 Å². The molecule has 0 unspecified atom stereocenters. The Bertz CT molecular complexity index is 1260. The number of hydrogen-bond donors (Lipinski definition) is 1. The Morgan fingerprint density at radius 1 is 0.926 bits per heavy atom. The van der Waals surface area contributed by atoms with E-state index < -0.39 is 10.0 Å². The van der Waals surface area contributed by atoms with Gasteiger partial charge in [-0.2, -0.15) is 0 Å². The highest BCUT2D eigenvalue weighted by atomic mass is 32.2. The number of hydrogen-bond acceptors (Lipinski definition) is 4. The van der Waals surface area contributed by atoms with Crippen LogP contribution in [0, 0.1) is 13.8 Å². The molecule has 0 bridgehead atoms. The third-order valence-corrected chi connectivity index (χ3v) is 6.01. The number of anilines is 1. The molecule has 1 heterocycles. The number of nitrogens with one attached hydrogen (secondary N) is 1. The smallest absolute Gasteiger partial charge is 0.264 e. The fraction of sp³-hybridized carbons (Fsp3) is 0.143. The fourth-order valence-electron chi connectivity index (χ4n) is 3.06. The normalized spacial score (nSPS) is 11.8. The van der Waals surface area contributed by atoms with Crippen LogP contribution in [0.2, 0.25) is 0 Å². The quantitative estimate of drug-likeness (QED) is 0.539. The largest absolute Gasteiger partial charge is 0.497 e. The van der Waals surface area contributed by atoms with Crippen molar-refractivity contribution in [2.24, 2.45) is 0 Å². The van der Waals surface area contributed by atoms with Crippen molar-refractivity contribution in [3.63, 3.8) is 0 Å². The van der Waals surface area contributed by atoms with Gasteiger partial charge < -0.3 is 9.15 Å². The zero-order chi connectivity index (χ0) is 19.2. The average Bonchev–Trinajstić information content (AvgIpc) is 2.94. The zero-order valence-corrected chi connectivity index (χ0v) is 16.1. The Morgan fingerprint density at radius 3 is 2.37 bits per heavy atom. The molecule has 0 fully saturated rings. The van der Waals surface area contributed by atoms with E-state index in [-0.39, 0.29) is 10.8 Å². The molecule has 1 aromatic heterocycles. The molecule has 3 aromatic carbocycles. The molecule has 0 radical (unpaired) electrons.